The molecule has 72 valence electrons. The molecule has 0 aliphatic heterocycles. The molecule has 0 amide bonds. The second-order valence-electron chi connectivity index (χ2n) is 2.49. The summed E-state index contributed by atoms with van der Waals surface area (Å²) in [7, 11) is -3.90. The lowest BCUT2D eigenvalue weighted by molar-refractivity contribution is 0.198. The molecule has 0 heterocycles. The van der Waals surface area contributed by atoms with E-state index in [1.54, 1.807) is 12.1 Å². The van der Waals surface area contributed by atoms with E-state index in [1.165, 1.54) is 12.1 Å². The number of rotatable bonds is 3. The molecule has 1 aromatic rings. The number of benzene rings is 1. The van der Waals surface area contributed by atoms with Crippen LogP contribution in [0.25, 0.3) is 0 Å². The summed E-state index contributed by atoms with van der Waals surface area (Å²) in [6.45, 7) is 0.489. The Morgan fingerprint density at radius 1 is 1.31 bits per heavy atom. The van der Waals surface area contributed by atoms with Crippen molar-refractivity contribution < 1.29 is 17.0 Å². The van der Waals surface area contributed by atoms with E-state index in [0.717, 1.165) is 5.56 Å². The monoisotopic (exact) mass is 203 g/mol. The minimum absolute atomic E-state index is 0.0317. The fourth-order valence-electron chi connectivity index (χ4n) is 0.832. The summed E-state index contributed by atoms with van der Waals surface area (Å²) in [6, 6.07) is 5.99. The van der Waals surface area contributed by atoms with Crippen LogP contribution in [0.3, 0.4) is 0 Å². The van der Waals surface area contributed by atoms with Gasteiger partial charge in [-0.2, -0.15) is 8.42 Å². The molecule has 0 aromatic heterocycles. The Bertz CT molecular complexity index is 369. The molecule has 0 spiro atoms. The third-order valence-electron chi connectivity index (χ3n) is 1.51. The largest absolute Gasteiger partial charge is 0.299 e. The van der Waals surface area contributed by atoms with Gasteiger partial charge in [0.15, 0.2) is 0 Å². The number of alkyl halides is 1. The molecule has 0 fully saturated rings. The summed E-state index contributed by atoms with van der Waals surface area (Å²) in [5.41, 5.74) is 0.930. The maximum atomic E-state index is 11.7. The lowest BCUT2D eigenvalue weighted by atomic mass is 10.2. The summed E-state index contributed by atoms with van der Waals surface area (Å²) in [5, 5.41) is 0. The van der Waals surface area contributed by atoms with E-state index in [1.807, 2.05) is 6.92 Å². The molecule has 0 aliphatic carbocycles. The van der Waals surface area contributed by atoms with Gasteiger partial charge in [-0.05, 0) is 19.1 Å². The van der Waals surface area contributed by atoms with Crippen LogP contribution >= 0.6 is 0 Å². The first-order valence-electron chi connectivity index (χ1n) is 3.58. The molecule has 0 saturated carbocycles. The van der Waals surface area contributed by atoms with Gasteiger partial charge in [-0.3, -0.25) is 0 Å². The van der Waals surface area contributed by atoms with Gasteiger partial charge in [0, 0.05) is 0 Å². The Labute approximate surface area is 76.3 Å². The summed E-state index contributed by atoms with van der Waals surface area (Å²) >= 11 is 0. The van der Waals surface area contributed by atoms with Crippen LogP contribution < -0.4 is 0 Å². The lowest BCUT2D eigenvalue weighted by Gasteiger charge is -2.01. The van der Waals surface area contributed by atoms with E-state index < -0.39 is 17.0 Å². The molecule has 0 unspecified atom stereocenters. The number of hydrogen-bond donors (Lipinski definition) is 0. The first-order chi connectivity index (χ1) is 6.06. The minimum atomic E-state index is -3.90. The second-order valence-corrected chi connectivity index (χ2v) is 4.11. The average Bonchev–Trinajstić information content (AvgIpc) is 2.05. The van der Waals surface area contributed by atoms with E-state index in [4.69, 9.17) is 0 Å². The molecule has 0 aliphatic rings. The zero-order chi connectivity index (χ0) is 9.90. The maximum absolute atomic E-state index is 11.7. The van der Waals surface area contributed by atoms with E-state index >= 15 is 0 Å². The Kier molecular flexibility index (Phi) is 3.00. The Morgan fingerprint density at radius 2 is 1.85 bits per heavy atom. The van der Waals surface area contributed by atoms with E-state index in [9.17, 15) is 12.8 Å². The van der Waals surface area contributed by atoms with E-state index in [0.29, 0.717) is 0 Å². The zero-order valence-electron chi connectivity index (χ0n) is 7.03. The number of hydrogen-bond acceptors (Lipinski definition) is 3. The van der Waals surface area contributed by atoms with Gasteiger partial charge in [0.25, 0.3) is 10.1 Å². The van der Waals surface area contributed by atoms with Crippen molar-refractivity contribution in [3.8, 4) is 0 Å². The maximum Gasteiger partial charge on any atom is 0.299 e. The predicted octanol–water partition coefficient (Wildman–Crippen LogP) is 1.63. The van der Waals surface area contributed by atoms with Crippen LogP contribution in [0.4, 0.5) is 4.39 Å². The molecular formula is C8H9FO3S. The number of halogens is 1. The highest BCUT2D eigenvalue weighted by molar-refractivity contribution is 7.86. The minimum Gasteiger partial charge on any atom is -0.232 e. The summed E-state index contributed by atoms with van der Waals surface area (Å²) in [6.07, 6.45) is 0. The molecule has 5 heteroatoms. The van der Waals surface area contributed by atoms with Crippen LogP contribution in [0, 0.1) is 6.92 Å². The van der Waals surface area contributed by atoms with E-state index in [-0.39, 0.29) is 4.90 Å². The molecule has 0 bridgehead atoms. The number of aryl methyl sites for hydroxylation is 1. The second kappa shape index (κ2) is 3.85. The SMILES string of the molecule is Cc1ccc(S(=O)(=O)OC[18F])cc1. The van der Waals surface area contributed by atoms with Gasteiger partial charge in [-0.25, -0.2) is 8.57 Å². The topological polar surface area (TPSA) is 43.4 Å². The Morgan fingerprint density at radius 3 is 2.31 bits per heavy atom. The fraction of sp³-hybridized carbons (Fsp3) is 0.250. The van der Waals surface area contributed by atoms with Crippen molar-refractivity contribution in [2.75, 3.05) is 6.86 Å². The molecule has 0 atom stereocenters. The van der Waals surface area contributed by atoms with Crippen molar-refractivity contribution in [2.24, 2.45) is 0 Å². The van der Waals surface area contributed by atoms with Crippen LogP contribution in [0.5, 0.6) is 0 Å². The van der Waals surface area contributed by atoms with E-state index in [2.05, 4.69) is 4.18 Å². The van der Waals surface area contributed by atoms with Gasteiger partial charge >= 0.3 is 0 Å². The molecule has 0 saturated heterocycles. The molecule has 0 radical (unpaired) electrons. The van der Waals surface area contributed by atoms with Crippen LogP contribution in [0.15, 0.2) is 29.2 Å². The fourth-order valence-corrected chi connectivity index (χ4v) is 1.55. The first-order valence-corrected chi connectivity index (χ1v) is 4.99. The molecule has 13 heavy (non-hydrogen) atoms. The Hall–Kier alpha value is -0.940. The van der Waals surface area contributed by atoms with Crippen molar-refractivity contribution in [3.63, 3.8) is 0 Å². The van der Waals surface area contributed by atoms with Crippen LogP contribution in [-0.4, -0.2) is 15.3 Å². The summed E-state index contributed by atoms with van der Waals surface area (Å²) in [5.74, 6) is 0. The van der Waals surface area contributed by atoms with Gasteiger partial charge in [-0.15, -0.1) is 0 Å². The predicted molar refractivity (Wildman–Crippen MR) is 45.4 cm³/mol. The lowest BCUT2D eigenvalue weighted by Crippen LogP contribution is -2.05. The summed E-state index contributed by atoms with van der Waals surface area (Å²) in [4.78, 5) is -0.0317. The third kappa shape index (κ3) is 2.50. The smallest absolute Gasteiger partial charge is 0.232 e. The first kappa shape index (κ1) is 10.1. The third-order valence-corrected chi connectivity index (χ3v) is 2.76. The zero-order valence-corrected chi connectivity index (χ0v) is 7.84. The van der Waals surface area contributed by atoms with Gasteiger partial charge < -0.3 is 0 Å². The van der Waals surface area contributed by atoms with Gasteiger partial charge in [0.05, 0.1) is 4.90 Å². The van der Waals surface area contributed by atoms with Gasteiger partial charge in [-0.1, -0.05) is 17.7 Å². The molecule has 0 N–H and O–H groups in total. The van der Waals surface area contributed by atoms with Crippen molar-refractivity contribution in [1.29, 1.82) is 0 Å². The Balaban J connectivity index is 3.02. The highest BCUT2D eigenvalue weighted by atomic mass is 32.2. The van der Waals surface area contributed by atoms with Crippen LogP contribution in [-0.2, 0) is 14.3 Å². The highest BCUT2D eigenvalue weighted by Gasteiger charge is 2.13. The average molecular weight is 203 g/mol. The van der Waals surface area contributed by atoms with Crippen molar-refractivity contribution in [3.05, 3.63) is 29.8 Å². The highest BCUT2D eigenvalue weighted by Crippen LogP contribution is 2.12. The molecular weight excluding hydrogens is 194 g/mol. The van der Waals surface area contributed by atoms with Crippen LogP contribution in [0.2, 0.25) is 0 Å². The normalized spacial score (nSPS) is 11.5. The van der Waals surface area contributed by atoms with Crippen molar-refractivity contribution in [2.45, 2.75) is 11.8 Å². The molecule has 1 rings (SSSR count). The van der Waals surface area contributed by atoms with Gasteiger partial charge in [0.2, 0.25) is 6.86 Å². The molecule has 3 nitrogen and oxygen atoms in total. The standard InChI is InChI=1S/C8H9FO3S/c1-7-2-4-8(5-3-7)13(10,11)12-6-9/h2-5H,6H2,1H3/i9-1. The van der Waals surface area contributed by atoms with Crippen LogP contribution in [0.1, 0.15) is 5.56 Å². The summed E-state index contributed by atoms with van der Waals surface area (Å²) < 4.78 is 37.8. The molecule has 1 aromatic carbocycles. The van der Waals surface area contributed by atoms with Crippen molar-refractivity contribution in [1.82, 2.24) is 0 Å². The van der Waals surface area contributed by atoms with Gasteiger partial charge in [0.1, 0.15) is 0 Å². The quantitative estimate of drug-likeness (QED) is 0.701. The van der Waals surface area contributed by atoms with Crippen molar-refractivity contribution >= 4 is 10.1 Å².